The molecule has 0 aliphatic heterocycles. The summed E-state index contributed by atoms with van der Waals surface area (Å²) in [6, 6.07) is 16.6. The van der Waals surface area contributed by atoms with Crippen molar-refractivity contribution in [3.63, 3.8) is 0 Å². The van der Waals surface area contributed by atoms with Gasteiger partial charge in [0.25, 0.3) is 5.56 Å². The number of ether oxygens (including phenoxy) is 2. The van der Waals surface area contributed by atoms with Crippen LogP contribution in [0.25, 0.3) is 28.7 Å². The van der Waals surface area contributed by atoms with E-state index in [2.05, 4.69) is 4.98 Å². The average Bonchev–Trinajstić information content (AvgIpc) is 2.79. The van der Waals surface area contributed by atoms with Crippen LogP contribution in [0.4, 0.5) is 4.39 Å². The number of methoxy groups -OCH3 is 2. The van der Waals surface area contributed by atoms with Crippen molar-refractivity contribution in [1.82, 2.24) is 9.55 Å². The van der Waals surface area contributed by atoms with Gasteiger partial charge in [-0.25, -0.2) is 9.37 Å². The van der Waals surface area contributed by atoms with E-state index in [1.807, 2.05) is 12.1 Å². The molecular formula is C24H18ClFN2O3. The largest absolute Gasteiger partial charge is 0.497 e. The van der Waals surface area contributed by atoms with Gasteiger partial charge in [-0.2, -0.15) is 0 Å². The van der Waals surface area contributed by atoms with Gasteiger partial charge < -0.3 is 9.47 Å². The first kappa shape index (κ1) is 20.6. The minimum absolute atomic E-state index is 0.0815. The summed E-state index contributed by atoms with van der Waals surface area (Å²) in [5.74, 6) is 1.09. The van der Waals surface area contributed by atoms with Gasteiger partial charge in [0.15, 0.2) is 0 Å². The molecular weight excluding hydrogens is 419 g/mol. The van der Waals surface area contributed by atoms with Gasteiger partial charge in [-0.3, -0.25) is 9.36 Å². The van der Waals surface area contributed by atoms with Crippen LogP contribution in [0.2, 0.25) is 5.02 Å². The summed E-state index contributed by atoms with van der Waals surface area (Å²) in [7, 11) is 3.15. The maximum atomic E-state index is 13.7. The average molecular weight is 437 g/mol. The molecule has 4 aromatic rings. The van der Waals surface area contributed by atoms with Crippen molar-refractivity contribution >= 4 is 34.7 Å². The monoisotopic (exact) mass is 436 g/mol. The molecule has 0 radical (unpaired) electrons. The van der Waals surface area contributed by atoms with E-state index in [0.29, 0.717) is 33.9 Å². The van der Waals surface area contributed by atoms with E-state index in [4.69, 9.17) is 21.1 Å². The zero-order valence-electron chi connectivity index (χ0n) is 16.8. The van der Waals surface area contributed by atoms with Crippen LogP contribution in [-0.2, 0) is 0 Å². The van der Waals surface area contributed by atoms with Gasteiger partial charge in [0.05, 0.1) is 35.8 Å². The van der Waals surface area contributed by atoms with Crippen molar-refractivity contribution in [2.45, 2.75) is 0 Å². The van der Waals surface area contributed by atoms with E-state index < -0.39 is 5.82 Å². The van der Waals surface area contributed by atoms with Crippen molar-refractivity contribution in [2.75, 3.05) is 14.2 Å². The quantitative estimate of drug-likeness (QED) is 0.422. The molecule has 7 heteroatoms. The fourth-order valence-corrected chi connectivity index (χ4v) is 3.44. The lowest BCUT2D eigenvalue weighted by atomic mass is 10.1. The second-order valence-corrected chi connectivity index (χ2v) is 7.07. The second kappa shape index (κ2) is 8.62. The molecule has 0 unspecified atom stereocenters. The first-order chi connectivity index (χ1) is 15.0. The molecule has 3 aromatic carbocycles. The molecule has 5 nitrogen and oxygen atoms in total. The Labute approximate surface area is 183 Å². The molecule has 1 heterocycles. The SMILES string of the molecule is COc1ccc(OC)c(/C=C/c2nc3ccccc3c(=O)n2-c2ccc(F)c(Cl)c2)c1. The first-order valence-corrected chi connectivity index (χ1v) is 9.77. The van der Waals surface area contributed by atoms with Crippen molar-refractivity contribution in [1.29, 1.82) is 0 Å². The highest BCUT2D eigenvalue weighted by Crippen LogP contribution is 2.26. The Kier molecular flexibility index (Phi) is 5.73. The molecule has 31 heavy (non-hydrogen) atoms. The summed E-state index contributed by atoms with van der Waals surface area (Å²) in [6.07, 6.45) is 3.47. The van der Waals surface area contributed by atoms with Crippen molar-refractivity contribution in [3.05, 3.63) is 93.2 Å². The molecule has 0 aliphatic carbocycles. The Balaban J connectivity index is 1.94. The van der Waals surface area contributed by atoms with E-state index in [-0.39, 0.29) is 10.6 Å². The second-order valence-electron chi connectivity index (χ2n) is 6.67. The minimum Gasteiger partial charge on any atom is -0.497 e. The Morgan fingerprint density at radius 3 is 2.55 bits per heavy atom. The Morgan fingerprint density at radius 1 is 1.00 bits per heavy atom. The molecule has 0 N–H and O–H groups in total. The van der Waals surface area contributed by atoms with Crippen LogP contribution in [-0.4, -0.2) is 23.8 Å². The molecule has 0 saturated heterocycles. The number of halogens is 2. The number of hydrogen-bond donors (Lipinski definition) is 0. The van der Waals surface area contributed by atoms with Crippen LogP contribution in [0, 0.1) is 5.82 Å². The van der Waals surface area contributed by atoms with E-state index in [9.17, 15) is 9.18 Å². The van der Waals surface area contributed by atoms with Crippen molar-refractivity contribution in [2.24, 2.45) is 0 Å². The van der Waals surface area contributed by atoms with Gasteiger partial charge in [0.2, 0.25) is 0 Å². The molecule has 0 amide bonds. The fraction of sp³-hybridized carbons (Fsp3) is 0.0833. The fourth-order valence-electron chi connectivity index (χ4n) is 3.27. The molecule has 0 bridgehead atoms. The molecule has 0 saturated carbocycles. The molecule has 156 valence electrons. The van der Waals surface area contributed by atoms with E-state index in [0.717, 1.165) is 5.56 Å². The number of para-hydroxylation sites is 1. The number of benzene rings is 3. The molecule has 0 fully saturated rings. The normalized spacial score (nSPS) is 11.2. The van der Waals surface area contributed by atoms with E-state index in [1.54, 1.807) is 56.7 Å². The lowest BCUT2D eigenvalue weighted by Gasteiger charge is -2.12. The number of aromatic nitrogens is 2. The summed E-state index contributed by atoms with van der Waals surface area (Å²) >= 11 is 5.97. The first-order valence-electron chi connectivity index (χ1n) is 9.39. The number of fused-ring (bicyclic) bond motifs is 1. The lowest BCUT2D eigenvalue weighted by Crippen LogP contribution is -2.22. The highest BCUT2D eigenvalue weighted by molar-refractivity contribution is 6.30. The van der Waals surface area contributed by atoms with Crippen LogP contribution in [0.3, 0.4) is 0 Å². The van der Waals surface area contributed by atoms with Gasteiger partial charge in [-0.05, 0) is 60.7 Å². The highest BCUT2D eigenvalue weighted by Gasteiger charge is 2.13. The Bertz CT molecular complexity index is 1370. The molecule has 0 atom stereocenters. The van der Waals surface area contributed by atoms with Crippen LogP contribution < -0.4 is 15.0 Å². The summed E-state index contributed by atoms with van der Waals surface area (Å²) in [4.78, 5) is 17.9. The predicted molar refractivity (Wildman–Crippen MR) is 121 cm³/mol. The summed E-state index contributed by atoms with van der Waals surface area (Å²) in [5.41, 5.74) is 1.42. The topological polar surface area (TPSA) is 53.4 Å². The maximum absolute atomic E-state index is 13.7. The number of rotatable bonds is 5. The highest BCUT2D eigenvalue weighted by atomic mass is 35.5. The van der Waals surface area contributed by atoms with Crippen LogP contribution in [0.15, 0.2) is 65.5 Å². The molecule has 0 aliphatic rings. The van der Waals surface area contributed by atoms with Crippen molar-refractivity contribution < 1.29 is 13.9 Å². The van der Waals surface area contributed by atoms with Gasteiger partial charge >= 0.3 is 0 Å². The summed E-state index contributed by atoms with van der Waals surface area (Å²) in [6.45, 7) is 0. The molecule has 4 rings (SSSR count). The number of nitrogens with zero attached hydrogens (tertiary/aromatic N) is 2. The third-order valence-corrected chi connectivity index (χ3v) is 5.10. The van der Waals surface area contributed by atoms with Crippen molar-refractivity contribution in [3.8, 4) is 17.2 Å². The van der Waals surface area contributed by atoms with Gasteiger partial charge in [0, 0.05) is 5.56 Å². The van der Waals surface area contributed by atoms with Crippen LogP contribution in [0.5, 0.6) is 11.5 Å². The van der Waals surface area contributed by atoms with Crippen LogP contribution in [0.1, 0.15) is 11.4 Å². The van der Waals surface area contributed by atoms with Gasteiger partial charge in [-0.1, -0.05) is 23.7 Å². The van der Waals surface area contributed by atoms with E-state index >= 15 is 0 Å². The third kappa shape index (κ3) is 4.02. The lowest BCUT2D eigenvalue weighted by molar-refractivity contribution is 0.402. The van der Waals surface area contributed by atoms with E-state index in [1.165, 1.54) is 22.8 Å². The zero-order valence-corrected chi connectivity index (χ0v) is 17.6. The Morgan fingerprint density at radius 2 is 1.81 bits per heavy atom. The Hall–Kier alpha value is -3.64. The maximum Gasteiger partial charge on any atom is 0.266 e. The standard InChI is InChI=1S/C24H18ClFN2O3/c1-30-17-9-11-22(31-2)15(13-17)7-12-23-27-21-6-4-3-5-18(21)24(29)28(23)16-8-10-20(26)19(25)14-16/h3-14H,1-2H3/b12-7+. The molecule has 1 aromatic heterocycles. The van der Waals surface area contributed by atoms with Crippen LogP contribution >= 0.6 is 11.6 Å². The summed E-state index contributed by atoms with van der Waals surface area (Å²) in [5, 5.41) is 0.362. The smallest absolute Gasteiger partial charge is 0.266 e. The summed E-state index contributed by atoms with van der Waals surface area (Å²) < 4.78 is 25.8. The molecule has 0 spiro atoms. The predicted octanol–water partition coefficient (Wildman–Crippen LogP) is 5.37. The third-order valence-electron chi connectivity index (χ3n) is 4.81. The van der Waals surface area contributed by atoms with Gasteiger partial charge in [0.1, 0.15) is 23.1 Å². The zero-order chi connectivity index (χ0) is 22.0. The minimum atomic E-state index is -0.564. The van der Waals surface area contributed by atoms with Gasteiger partial charge in [-0.15, -0.1) is 0 Å². The number of hydrogen-bond acceptors (Lipinski definition) is 4.